The molecule has 4 saturated heterocycles. The number of piperazine rings is 1. The van der Waals surface area contributed by atoms with Crippen LogP contribution in [-0.4, -0.2) is 152 Å². The Balaban J connectivity index is 0.675. The Labute approximate surface area is 448 Å². The van der Waals surface area contributed by atoms with E-state index in [9.17, 15) is 14.4 Å². The number of halogens is 2. The minimum atomic E-state index is -0.640. The molecule has 5 aromatic rings. The van der Waals surface area contributed by atoms with E-state index in [0.717, 1.165) is 89.3 Å². The van der Waals surface area contributed by atoms with E-state index < -0.39 is 17.5 Å². The first-order chi connectivity index (χ1) is 37.2. The first kappa shape index (κ1) is 51.7. The predicted octanol–water partition coefficient (Wildman–Crippen LogP) is 7.91. The number of methoxy groups -OCH3 is 2. The molecule has 2 aromatic heterocycles. The number of fused-ring (bicyclic) bond motifs is 3. The van der Waals surface area contributed by atoms with Crippen LogP contribution in [0.25, 0.3) is 32.9 Å². The smallest absolute Gasteiger partial charge is 0.319 e. The summed E-state index contributed by atoms with van der Waals surface area (Å²) in [6.07, 6.45) is 11.5. The number of rotatable bonds is 16. The zero-order valence-electron chi connectivity index (χ0n) is 44.9. The molecule has 1 spiro atoms. The third-order valence-electron chi connectivity index (χ3n) is 18.3. The van der Waals surface area contributed by atoms with E-state index in [1.807, 2.05) is 25.1 Å². The third kappa shape index (κ3) is 10.1. The van der Waals surface area contributed by atoms with Crippen molar-refractivity contribution in [2.45, 2.75) is 103 Å². The molecule has 0 radical (unpaired) electrons. The van der Waals surface area contributed by atoms with Gasteiger partial charge >= 0.3 is 6.01 Å². The number of aryl methyl sites for hydroxylation is 1. The number of carbonyl (C=O) groups excluding carboxylic acids is 3. The lowest BCUT2D eigenvalue weighted by molar-refractivity contribution is -0.136. The van der Waals surface area contributed by atoms with Crippen LogP contribution < -0.4 is 24.6 Å². The Morgan fingerprint density at radius 1 is 0.844 bits per heavy atom. The highest BCUT2D eigenvalue weighted by molar-refractivity contribution is 6.06. The van der Waals surface area contributed by atoms with Gasteiger partial charge in [-0.15, -0.1) is 0 Å². The normalized spacial score (nSPS) is 23.7. The number of hydrogen-bond acceptors (Lipinski definition) is 14. The molecule has 18 heteroatoms. The number of anilines is 2. The third-order valence-corrected chi connectivity index (χ3v) is 18.3. The average Bonchev–Trinajstić information content (AvgIpc) is 4.13. The summed E-state index contributed by atoms with van der Waals surface area (Å²) in [5.41, 5.74) is 3.70. The molecule has 2 atom stereocenters. The van der Waals surface area contributed by atoms with Gasteiger partial charge in [-0.1, -0.05) is 13.0 Å². The van der Waals surface area contributed by atoms with Gasteiger partial charge in [0.15, 0.2) is 12.6 Å². The minimum Gasteiger partial charge on any atom is -0.468 e. The van der Waals surface area contributed by atoms with Crippen LogP contribution in [0.4, 0.5) is 20.3 Å². The van der Waals surface area contributed by atoms with Gasteiger partial charge in [-0.2, -0.15) is 9.97 Å². The molecule has 77 heavy (non-hydrogen) atoms. The molecular formula is C59H71F2N9O7. The Bertz CT molecular complexity index is 3110. The highest BCUT2D eigenvalue weighted by atomic mass is 19.1. The van der Waals surface area contributed by atoms with Gasteiger partial charge in [0, 0.05) is 108 Å². The maximum absolute atomic E-state index is 17.5. The van der Waals surface area contributed by atoms with Crippen LogP contribution in [0.5, 0.6) is 11.8 Å². The van der Waals surface area contributed by atoms with Crippen LogP contribution in [0.15, 0.2) is 48.7 Å². The molecule has 3 amide bonds. The van der Waals surface area contributed by atoms with E-state index in [0.29, 0.717) is 94.8 Å². The van der Waals surface area contributed by atoms with Crippen LogP contribution in [0.2, 0.25) is 0 Å². The van der Waals surface area contributed by atoms with Gasteiger partial charge in [0.25, 0.3) is 5.91 Å². The lowest BCUT2D eigenvalue weighted by atomic mass is 9.57. The van der Waals surface area contributed by atoms with Crippen LogP contribution in [0, 0.1) is 28.4 Å². The first-order valence-corrected chi connectivity index (χ1v) is 27.9. The second kappa shape index (κ2) is 20.6. The number of aromatic nitrogens is 3. The maximum Gasteiger partial charge on any atom is 0.319 e. The van der Waals surface area contributed by atoms with Crippen LogP contribution in [-0.2, 0) is 32.0 Å². The molecule has 7 aliphatic rings. The Morgan fingerprint density at radius 3 is 2.39 bits per heavy atom. The fraction of sp³-hybridized carbons (Fsp3) is 0.559. The molecule has 408 valence electrons. The van der Waals surface area contributed by atoms with Crippen molar-refractivity contribution in [3.8, 4) is 23.0 Å². The number of benzene rings is 3. The molecule has 5 aliphatic heterocycles. The second-order valence-corrected chi connectivity index (χ2v) is 23.6. The standard InChI is InChI=1S/C59H71F2N9O7/c1-5-42-46(60)10-7-38-26-41(77-36-74-3)27-44(49(38)42)51-50(61)52-45(30-62-51)53(69-18-6-13-57(2,33-69)75-4)65-56(64-52)76-35-59(14-15-59)34-67-19-16-58(17-20-67)28-37(29-58)31-66-21-23-68(24-22-66)40-8-9-43-39(25-40)32-70(55(43)73)47-11-12-48(71)63-54(47)72/h7-10,25-27,30,37,47H,5-6,11-24,28-29,31-36H2,1-4H3,(H,63,71,72)/t47-,57+/m0/s1. The van der Waals surface area contributed by atoms with Gasteiger partial charge in [-0.05, 0) is 154 Å². The Morgan fingerprint density at radius 2 is 1.65 bits per heavy atom. The van der Waals surface area contributed by atoms with Gasteiger partial charge in [0.1, 0.15) is 34.6 Å². The highest BCUT2D eigenvalue weighted by Gasteiger charge is 2.50. The lowest BCUT2D eigenvalue weighted by Gasteiger charge is -2.54. The average molecular weight is 1060 g/mol. The van der Waals surface area contributed by atoms with E-state index >= 15 is 8.78 Å². The fourth-order valence-corrected chi connectivity index (χ4v) is 13.7. The van der Waals surface area contributed by atoms with Gasteiger partial charge < -0.3 is 38.5 Å². The van der Waals surface area contributed by atoms with Crippen molar-refractivity contribution in [1.82, 2.24) is 35.0 Å². The van der Waals surface area contributed by atoms with Crippen molar-refractivity contribution in [3.05, 3.63) is 77.0 Å². The molecule has 12 rings (SSSR count). The molecule has 1 N–H and O–H groups in total. The van der Waals surface area contributed by atoms with Crippen molar-refractivity contribution < 1.29 is 42.1 Å². The van der Waals surface area contributed by atoms with Gasteiger partial charge in [-0.25, -0.2) is 8.78 Å². The van der Waals surface area contributed by atoms with Crippen LogP contribution in [0.1, 0.15) is 99.5 Å². The summed E-state index contributed by atoms with van der Waals surface area (Å²) < 4.78 is 56.6. The fourth-order valence-electron chi connectivity index (χ4n) is 13.7. The van der Waals surface area contributed by atoms with E-state index in [1.54, 1.807) is 30.3 Å². The Kier molecular flexibility index (Phi) is 13.8. The van der Waals surface area contributed by atoms with Crippen molar-refractivity contribution in [2.75, 3.05) is 103 Å². The zero-order valence-corrected chi connectivity index (χ0v) is 44.9. The summed E-state index contributed by atoms with van der Waals surface area (Å²) in [4.78, 5) is 63.5. The van der Waals surface area contributed by atoms with E-state index in [-0.39, 0.29) is 59.4 Å². The monoisotopic (exact) mass is 1060 g/mol. The summed E-state index contributed by atoms with van der Waals surface area (Å²) >= 11 is 0. The van der Waals surface area contributed by atoms with Crippen molar-refractivity contribution in [1.29, 1.82) is 0 Å². The van der Waals surface area contributed by atoms with E-state index in [2.05, 4.69) is 37.9 Å². The molecule has 7 heterocycles. The molecule has 2 aliphatic carbocycles. The summed E-state index contributed by atoms with van der Waals surface area (Å²) in [5.74, 6) is -0.0934. The van der Waals surface area contributed by atoms with Gasteiger partial charge in [0.2, 0.25) is 11.8 Å². The molecule has 0 unspecified atom stereocenters. The Hall–Kier alpha value is -6.08. The number of amides is 3. The molecule has 2 saturated carbocycles. The quantitative estimate of drug-likeness (QED) is 0.0752. The predicted molar refractivity (Wildman–Crippen MR) is 288 cm³/mol. The number of likely N-dealkylation sites (tertiary alicyclic amines) is 1. The van der Waals surface area contributed by atoms with E-state index in [4.69, 9.17) is 33.9 Å². The van der Waals surface area contributed by atoms with Gasteiger partial charge in [-0.3, -0.25) is 29.6 Å². The summed E-state index contributed by atoms with van der Waals surface area (Å²) in [6.45, 7) is 14.1. The lowest BCUT2D eigenvalue weighted by Crippen LogP contribution is -2.53. The van der Waals surface area contributed by atoms with Crippen molar-refractivity contribution >= 4 is 50.9 Å². The molecule has 16 nitrogen and oxygen atoms in total. The number of imide groups is 1. The maximum atomic E-state index is 17.5. The topological polar surface area (TPSA) is 155 Å². The minimum absolute atomic E-state index is 0.0133. The highest BCUT2D eigenvalue weighted by Crippen LogP contribution is 2.54. The number of carbonyl (C=O) groups is 3. The molecule has 3 aromatic carbocycles. The SMILES string of the molecule is CCc1c(F)ccc2cc(OCOC)cc(-c3ncc4c(N5CCC[C@@](C)(OC)C5)nc(OCC5(CN6CCC7(CC6)CC(CN6CCN(c8ccc9c(c8)CN([C@H]8CCC(=O)NC8=O)C9=O)CC6)C7)CC5)nc4c3F)c12. The summed E-state index contributed by atoms with van der Waals surface area (Å²) in [6, 6.07) is 12.2. The number of hydrogen-bond donors (Lipinski definition) is 1. The zero-order chi connectivity index (χ0) is 53.2. The number of nitrogens with zero attached hydrogens (tertiary/aromatic N) is 8. The van der Waals surface area contributed by atoms with Crippen molar-refractivity contribution in [2.24, 2.45) is 16.7 Å². The molecule has 0 bridgehead atoms. The number of ether oxygens (including phenoxy) is 4. The second-order valence-electron chi connectivity index (χ2n) is 23.6. The van der Waals surface area contributed by atoms with E-state index in [1.165, 1.54) is 38.9 Å². The molecular weight excluding hydrogens is 985 g/mol. The first-order valence-electron chi connectivity index (χ1n) is 27.9. The largest absolute Gasteiger partial charge is 0.468 e. The van der Waals surface area contributed by atoms with Gasteiger partial charge in [0.05, 0.1) is 17.6 Å². The van der Waals surface area contributed by atoms with Crippen LogP contribution >= 0.6 is 0 Å². The van der Waals surface area contributed by atoms with Crippen molar-refractivity contribution in [3.63, 3.8) is 0 Å². The number of piperidine rings is 3. The van der Waals surface area contributed by atoms with Crippen LogP contribution in [0.3, 0.4) is 0 Å². The summed E-state index contributed by atoms with van der Waals surface area (Å²) in [5, 5.41) is 4.13. The number of nitrogens with one attached hydrogen (secondary N) is 1. The molecule has 6 fully saturated rings. The number of pyridine rings is 1. The summed E-state index contributed by atoms with van der Waals surface area (Å²) in [7, 11) is 3.26.